The van der Waals surface area contributed by atoms with Gasteiger partial charge in [-0.05, 0) is 89.7 Å². The minimum atomic E-state index is 0.636. The van der Waals surface area contributed by atoms with Crippen molar-refractivity contribution in [1.29, 1.82) is 0 Å². The smallest absolute Gasteiger partial charge is 0.224 e. The van der Waals surface area contributed by atoms with Crippen LogP contribution in [-0.4, -0.2) is 4.40 Å². The fraction of sp³-hybridized carbons (Fsp3) is 0.206. The first-order valence-electron chi connectivity index (χ1n) is 13.0. The molecule has 0 amide bonds. The number of hydrogen-bond donors (Lipinski definition) is 0. The summed E-state index contributed by atoms with van der Waals surface area (Å²) < 4.78 is 4.87. The van der Waals surface area contributed by atoms with Crippen molar-refractivity contribution < 1.29 is 4.57 Å². The summed E-state index contributed by atoms with van der Waals surface area (Å²) in [5, 5.41) is 6.73. The normalized spacial score (nSPS) is 12.4. The summed E-state index contributed by atoms with van der Waals surface area (Å²) >= 11 is 0. The van der Waals surface area contributed by atoms with Crippen LogP contribution < -0.4 is 4.57 Å². The van der Waals surface area contributed by atoms with Crippen LogP contribution in [0.1, 0.15) is 30.5 Å². The molecular weight excluding hydrogens is 436 g/mol. The largest absolute Gasteiger partial charge is 0.307 e. The van der Waals surface area contributed by atoms with Crippen LogP contribution >= 0.6 is 0 Å². The highest BCUT2D eigenvalue weighted by Gasteiger charge is 2.25. The highest BCUT2D eigenvalue weighted by molar-refractivity contribution is 6.26. The van der Waals surface area contributed by atoms with Gasteiger partial charge in [-0.1, -0.05) is 50.2 Å². The molecule has 0 saturated heterocycles. The third-order valence-corrected chi connectivity index (χ3v) is 8.08. The van der Waals surface area contributed by atoms with Crippen molar-refractivity contribution in [1.82, 2.24) is 4.40 Å². The lowest BCUT2D eigenvalue weighted by molar-refractivity contribution is -0.643. The number of hydrogen-bond acceptors (Lipinski definition) is 0. The lowest BCUT2D eigenvalue weighted by Gasteiger charge is -2.15. The van der Waals surface area contributed by atoms with E-state index in [1.165, 1.54) is 76.8 Å². The predicted octanol–water partition coefficient (Wildman–Crippen LogP) is 8.30. The molecule has 0 atom stereocenters. The van der Waals surface area contributed by atoms with E-state index in [0.717, 1.165) is 6.42 Å². The van der Waals surface area contributed by atoms with Crippen LogP contribution in [0.5, 0.6) is 0 Å². The van der Waals surface area contributed by atoms with E-state index < -0.39 is 0 Å². The van der Waals surface area contributed by atoms with Gasteiger partial charge in [0.25, 0.3) is 0 Å². The van der Waals surface area contributed by atoms with Gasteiger partial charge in [0, 0.05) is 16.8 Å². The van der Waals surface area contributed by atoms with Crippen LogP contribution in [0.25, 0.3) is 60.1 Å². The molecule has 0 saturated carbocycles. The maximum atomic E-state index is 2.55. The maximum Gasteiger partial charge on any atom is 0.224 e. The fourth-order valence-corrected chi connectivity index (χ4v) is 6.35. The summed E-state index contributed by atoms with van der Waals surface area (Å²) in [6.45, 7) is 9.16. The van der Waals surface area contributed by atoms with Gasteiger partial charge in [0.1, 0.15) is 7.05 Å². The zero-order valence-electron chi connectivity index (χ0n) is 21.7. The van der Waals surface area contributed by atoms with Gasteiger partial charge in [0.05, 0.1) is 27.3 Å². The highest BCUT2D eigenvalue weighted by atomic mass is 15.0. The molecular formula is C34H31N2+. The van der Waals surface area contributed by atoms with E-state index in [0.29, 0.717) is 5.92 Å². The Labute approximate surface area is 211 Å². The summed E-state index contributed by atoms with van der Waals surface area (Å²) in [5.41, 5.74) is 11.9. The van der Waals surface area contributed by atoms with E-state index in [9.17, 15) is 0 Å². The number of rotatable bonds is 3. The molecule has 0 bridgehead atoms. The summed E-state index contributed by atoms with van der Waals surface area (Å²) in [4.78, 5) is 0. The molecule has 36 heavy (non-hydrogen) atoms. The van der Waals surface area contributed by atoms with Crippen LogP contribution in [0, 0.1) is 19.8 Å². The molecule has 0 aliphatic heterocycles. The fourth-order valence-electron chi connectivity index (χ4n) is 6.35. The Hall–Kier alpha value is -3.91. The number of pyridine rings is 2. The average molecular weight is 468 g/mol. The molecule has 0 spiro atoms. The molecule has 7 rings (SSSR count). The van der Waals surface area contributed by atoms with E-state index in [4.69, 9.17) is 0 Å². The Bertz CT molecular complexity index is 1960. The molecule has 0 radical (unpaired) electrons. The van der Waals surface area contributed by atoms with Crippen molar-refractivity contribution in [2.45, 2.75) is 34.1 Å². The van der Waals surface area contributed by atoms with Gasteiger partial charge in [-0.2, -0.15) is 0 Å². The Morgan fingerprint density at radius 3 is 2.36 bits per heavy atom. The van der Waals surface area contributed by atoms with Crippen molar-refractivity contribution in [2.24, 2.45) is 13.0 Å². The van der Waals surface area contributed by atoms with E-state index in [1.54, 1.807) is 0 Å². The molecule has 0 N–H and O–H groups in total. The average Bonchev–Trinajstić information content (AvgIpc) is 3.19. The Morgan fingerprint density at radius 1 is 0.778 bits per heavy atom. The number of aryl methyl sites for hydroxylation is 3. The molecule has 7 aromatic rings. The highest BCUT2D eigenvalue weighted by Crippen LogP contribution is 2.43. The number of nitrogens with zero attached hydrogens (tertiary/aromatic N) is 2. The van der Waals surface area contributed by atoms with Gasteiger partial charge in [0.2, 0.25) is 5.52 Å². The van der Waals surface area contributed by atoms with Gasteiger partial charge < -0.3 is 4.40 Å². The quantitative estimate of drug-likeness (QED) is 0.140. The minimum Gasteiger partial charge on any atom is -0.307 e. The first kappa shape index (κ1) is 21.4. The predicted molar refractivity (Wildman–Crippen MR) is 153 cm³/mol. The van der Waals surface area contributed by atoms with Gasteiger partial charge in [-0.3, -0.25) is 0 Å². The van der Waals surface area contributed by atoms with E-state index in [1.807, 2.05) is 0 Å². The molecule has 2 heteroatoms. The van der Waals surface area contributed by atoms with E-state index >= 15 is 0 Å². The Balaban J connectivity index is 1.77. The summed E-state index contributed by atoms with van der Waals surface area (Å²) in [6.07, 6.45) is 3.33. The van der Waals surface area contributed by atoms with E-state index in [-0.39, 0.29) is 0 Å². The topological polar surface area (TPSA) is 8.29 Å². The molecule has 0 aliphatic carbocycles. The second-order valence-electron chi connectivity index (χ2n) is 11.0. The monoisotopic (exact) mass is 467 g/mol. The zero-order valence-corrected chi connectivity index (χ0v) is 21.7. The Morgan fingerprint density at radius 2 is 1.58 bits per heavy atom. The maximum absolute atomic E-state index is 2.55. The second kappa shape index (κ2) is 7.54. The zero-order chi connectivity index (χ0) is 24.7. The third kappa shape index (κ3) is 2.88. The number of aromatic nitrogens is 2. The van der Waals surface area contributed by atoms with Crippen molar-refractivity contribution in [3.8, 4) is 11.1 Å². The van der Waals surface area contributed by atoms with Crippen molar-refractivity contribution in [3.63, 3.8) is 0 Å². The van der Waals surface area contributed by atoms with Gasteiger partial charge >= 0.3 is 0 Å². The van der Waals surface area contributed by atoms with Crippen molar-refractivity contribution in [3.05, 3.63) is 95.7 Å². The van der Waals surface area contributed by atoms with Crippen LogP contribution in [0.4, 0.5) is 0 Å². The molecule has 3 heterocycles. The van der Waals surface area contributed by atoms with Crippen LogP contribution in [0.15, 0.2) is 79.0 Å². The summed E-state index contributed by atoms with van der Waals surface area (Å²) in [6, 6.07) is 27.4. The number of benzene rings is 4. The van der Waals surface area contributed by atoms with Gasteiger partial charge in [-0.25, -0.2) is 4.57 Å². The lowest BCUT2D eigenvalue weighted by atomic mass is 9.94. The van der Waals surface area contributed by atoms with Crippen LogP contribution in [-0.2, 0) is 13.5 Å². The number of fused-ring (bicyclic) bond motifs is 5. The SMILES string of the molecule is Cc1cc2c3cc(CC(C)C)ccc3n3c4cc(-c5ccccc5)cc5cc[n+](C)c(c(c1C)c23)c54. The van der Waals surface area contributed by atoms with Gasteiger partial charge in [0.15, 0.2) is 6.20 Å². The molecule has 0 aliphatic rings. The second-order valence-corrected chi connectivity index (χ2v) is 11.0. The molecule has 0 fully saturated rings. The van der Waals surface area contributed by atoms with Gasteiger partial charge in [-0.15, -0.1) is 0 Å². The first-order chi connectivity index (χ1) is 17.4. The van der Waals surface area contributed by atoms with Crippen LogP contribution in [0.3, 0.4) is 0 Å². The molecule has 3 aromatic heterocycles. The van der Waals surface area contributed by atoms with Crippen molar-refractivity contribution >= 4 is 49.0 Å². The molecule has 4 aromatic carbocycles. The minimum absolute atomic E-state index is 0.636. The molecule has 2 nitrogen and oxygen atoms in total. The first-order valence-corrected chi connectivity index (χ1v) is 13.0. The summed E-state index contributed by atoms with van der Waals surface area (Å²) in [7, 11) is 2.19. The molecule has 0 unspecified atom stereocenters. The standard InChI is InChI=1S/C34H31N2/c1-20(2)15-23-11-12-29-27(17-23)28-16-21(3)22(4)31-33(28)36(29)30-19-26(24-9-7-6-8-10-24)18-25-13-14-35(5)34(31)32(25)30/h6-14,16-20H,15H2,1-5H3/q+1. The molecule has 176 valence electrons. The lowest BCUT2D eigenvalue weighted by Crippen LogP contribution is -2.29. The van der Waals surface area contributed by atoms with Crippen LogP contribution in [0.2, 0.25) is 0 Å². The summed E-state index contributed by atoms with van der Waals surface area (Å²) in [5.74, 6) is 0.636. The van der Waals surface area contributed by atoms with Crippen molar-refractivity contribution in [2.75, 3.05) is 0 Å². The third-order valence-electron chi connectivity index (χ3n) is 8.08. The Kier molecular flexibility index (Phi) is 4.48. The van der Waals surface area contributed by atoms with E-state index in [2.05, 4.69) is 123 Å².